The van der Waals surface area contributed by atoms with Crippen LogP contribution >= 0.6 is 0 Å². The molecule has 17 heavy (non-hydrogen) atoms. The molecule has 0 amide bonds. The van der Waals surface area contributed by atoms with E-state index in [-0.39, 0.29) is 5.97 Å². The van der Waals surface area contributed by atoms with E-state index in [2.05, 4.69) is 11.1 Å². The highest BCUT2D eigenvalue weighted by Crippen LogP contribution is 2.19. The van der Waals surface area contributed by atoms with Gasteiger partial charge in [-0.2, -0.15) is 0 Å². The summed E-state index contributed by atoms with van der Waals surface area (Å²) in [4.78, 5) is 15.9. The molecule has 88 valence electrons. The Morgan fingerprint density at radius 1 is 1.29 bits per heavy atom. The van der Waals surface area contributed by atoms with E-state index < -0.39 is 0 Å². The number of aromatic nitrogens is 1. The van der Waals surface area contributed by atoms with Crippen LogP contribution in [0.5, 0.6) is 0 Å². The Morgan fingerprint density at radius 3 is 2.76 bits per heavy atom. The van der Waals surface area contributed by atoms with E-state index in [1.807, 2.05) is 26.0 Å². The number of esters is 1. The number of ether oxygens (including phenoxy) is 1. The Kier molecular flexibility index (Phi) is 3.09. The molecule has 2 rings (SSSR count). The number of nitrogens with zero attached hydrogens (tertiary/aromatic N) is 1. The normalized spacial score (nSPS) is 10.5. The highest BCUT2D eigenvalue weighted by molar-refractivity contribution is 5.94. The third kappa shape index (κ3) is 2.28. The molecule has 0 aliphatic heterocycles. The van der Waals surface area contributed by atoms with Gasteiger partial charge in [0.05, 0.1) is 17.7 Å². The second-order valence-corrected chi connectivity index (χ2v) is 4.10. The van der Waals surface area contributed by atoms with Gasteiger partial charge in [0, 0.05) is 11.6 Å². The van der Waals surface area contributed by atoms with Crippen molar-refractivity contribution in [1.82, 2.24) is 4.98 Å². The van der Waals surface area contributed by atoms with Gasteiger partial charge in [0.2, 0.25) is 0 Å². The van der Waals surface area contributed by atoms with Crippen LogP contribution in [0, 0.1) is 13.8 Å². The smallest absolute Gasteiger partial charge is 0.339 e. The van der Waals surface area contributed by atoms with Crippen LogP contribution in [0.15, 0.2) is 24.4 Å². The molecule has 0 atom stereocenters. The summed E-state index contributed by atoms with van der Waals surface area (Å²) in [6.45, 7) is 6.22. The lowest BCUT2D eigenvalue weighted by Gasteiger charge is -2.06. The number of carbonyl (C=O) groups excluding carboxylic acids is 1. The van der Waals surface area contributed by atoms with Crippen molar-refractivity contribution in [3.05, 3.63) is 41.1 Å². The number of hydrogen-bond donors (Lipinski definition) is 0. The van der Waals surface area contributed by atoms with Crippen molar-refractivity contribution in [2.45, 2.75) is 20.8 Å². The average Bonchev–Trinajstić information content (AvgIpc) is 2.28. The molecule has 0 unspecified atom stereocenters. The highest BCUT2D eigenvalue weighted by Gasteiger charge is 2.09. The van der Waals surface area contributed by atoms with Crippen LogP contribution in [-0.2, 0) is 4.74 Å². The van der Waals surface area contributed by atoms with Crippen LogP contribution in [0.1, 0.15) is 28.4 Å². The zero-order valence-corrected chi connectivity index (χ0v) is 10.3. The summed E-state index contributed by atoms with van der Waals surface area (Å²) in [5.74, 6) is -0.318. The number of aryl methyl sites for hydroxylation is 2. The largest absolute Gasteiger partial charge is 0.462 e. The van der Waals surface area contributed by atoms with E-state index in [1.54, 1.807) is 13.1 Å². The van der Waals surface area contributed by atoms with Gasteiger partial charge in [-0.1, -0.05) is 11.6 Å². The van der Waals surface area contributed by atoms with Gasteiger partial charge in [-0.3, -0.25) is 4.98 Å². The molecular weight excluding hydrogens is 214 g/mol. The van der Waals surface area contributed by atoms with Crippen molar-refractivity contribution in [3.8, 4) is 0 Å². The Bertz CT molecular complexity index is 576. The minimum absolute atomic E-state index is 0.318. The van der Waals surface area contributed by atoms with Crippen molar-refractivity contribution in [2.75, 3.05) is 6.61 Å². The highest BCUT2D eigenvalue weighted by atomic mass is 16.5. The van der Waals surface area contributed by atoms with Crippen LogP contribution in [0.3, 0.4) is 0 Å². The Labute approximate surface area is 100 Å². The van der Waals surface area contributed by atoms with Crippen molar-refractivity contribution in [1.29, 1.82) is 0 Å². The maximum atomic E-state index is 11.6. The number of rotatable bonds is 2. The molecule has 0 saturated heterocycles. The minimum Gasteiger partial charge on any atom is -0.462 e. The molecule has 2 aromatic rings. The van der Waals surface area contributed by atoms with E-state index in [4.69, 9.17) is 4.74 Å². The molecule has 0 fully saturated rings. The standard InChI is InChI=1S/C14H15NO2/c1-4-17-14(16)12-7-11-6-9(2)5-10(3)13(11)15-8-12/h5-8H,4H2,1-3H3. The lowest BCUT2D eigenvalue weighted by molar-refractivity contribution is 0.0526. The van der Waals surface area contributed by atoms with Gasteiger partial charge in [-0.15, -0.1) is 0 Å². The van der Waals surface area contributed by atoms with Crippen molar-refractivity contribution >= 4 is 16.9 Å². The van der Waals surface area contributed by atoms with Crippen molar-refractivity contribution in [3.63, 3.8) is 0 Å². The van der Waals surface area contributed by atoms with Gasteiger partial charge in [0.1, 0.15) is 0 Å². The maximum Gasteiger partial charge on any atom is 0.339 e. The van der Waals surface area contributed by atoms with Crippen molar-refractivity contribution < 1.29 is 9.53 Å². The van der Waals surface area contributed by atoms with Crippen LogP contribution in [0.4, 0.5) is 0 Å². The summed E-state index contributed by atoms with van der Waals surface area (Å²) in [6.07, 6.45) is 1.57. The Morgan fingerprint density at radius 2 is 2.06 bits per heavy atom. The van der Waals surface area contributed by atoms with E-state index in [0.29, 0.717) is 12.2 Å². The molecule has 0 spiro atoms. The van der Waals surface area contributed by atoms with Gasteiger partial charge in [-0.25, -0.2) is 4.79 Å². The lowest BCUT2D eigenvalue weighted by atomic mass is 10.1. The molecule has 1 heterocycles. The minimum atomic E-state index is -0.318. The molecule has 3 nitrogen and oxygen atoms in total. The Hall–Kier alpha value is -1.90. The summed E-state index contributed by atoms with van der Waals surface area (Å²) in [5, 5.41) is 0.980. The number of fused-ring (bicyclic) bond motifs is 1. The number of benzene rings is 1. The fourth-order valence-corrected chi connectivity index (χ4v) is 1.94. The number of hydrogen-bond acceptors (Lipinski definition) is 3. The summed E-state index contributed by atoms with van der Waals surface area (Å²) in [6, 6.07) is 5.94. The predicted molar refractivity (Wildman–Crippen MR) is 67.2 cm³/mol. The quantitative estimate of drug-likeness (QED) is 0.743. The summed E-state index contributed by atoms with van der Waals surface area (Å²) >= 11 is 0. The molecule has 3 heteroatoms. The zero-order chi connectivity index (χ0) is 12.4. The second kappa shape index (κ2) is 4.53. The summed E-state index contributed by atoms with van der Waals surface area (Å²) < 4.78 is 4.96. The van der Waals surface area contributed by atoms with Crippen LogP contribution < -0.4 is 0 Å². The number of pyridine rings is 1. The van der Waals surface area contributed by atoms with Gasteiger partial charge in [-0.05, 0) is 38.5 Å². The summed E-state index contributed by atoms with van der Waals surface area (Å²) in [7, 11) is 0. The van der Waals surface area contributed by atoms with Gasteiger partial charge in [0.15, 0.2) is 0 Å². The van der Waals surface area contributed by atoms with Gasteiger partial charge in [0.25, 0.3) is 0 Å². The molecule has 0 aliphatic rings. The second-order valence-electron chi connectivity index (χ2n) is 4.10. The molecule has 1 aromatic heterocycles. The maximum absolute atomic E-state index is 11.6. The van der Waals surface area contributed by atoms with E-state index >= 15 is 0 Å². The first-order valence-corrected chi connectivity index (χ1v) is 5.66. The topological polar surface area (TPSA) is 39.2 Å². The van der Waals surface area contributed by atoms with E-state index in [1.165, 1.54) is 0 Å². The first-order chi connectivity index (χ1) is 8.11. The zero-order valence-electron chi connectivity index (χ0n) is 10.3. The average molecular weight is 229 g/mol. The van der Waals surface area contributed by atoms with E-state index in [0.717, 1.165) is 22.0 Å². The Balaban J connectivity index is 2.54. The number of carbonyl (C=O) groups is 1. The van der Waals surface area contributed by atoms with Crippen LogP contribution in [0.2, 0.25) is 0 Å². The molecular formula is C14H15NO2. The SMILES string of the molecule is CCOC(=O)c1cnc2c(C)cc(C)cc2c1. The molecule has 0 N–H and O–H groups in total. The monoisotopic (exact) mass is 229 g/mol. The molecule has 0 bridgehead atoms. The fraction of sp³-hybridized carbons (Fsp3) is 0.286. The first-order valence-electron chi connectivity index (χ1n) is 5.66. The fourth-order valence-electron chi connectivity index (χ4n) is 1.94. The van der Waals surface area contributed by atoms with Crippen LogP contribution in [-0.4, -0.2) is 17.6 Å². The van der Waals surface area contributed by atoms with Crippen molar-refractivity contribution in [2.24, 2.45) is 0 Å². The van der Waals surface area contributed by atoms with Gasteiger partial charge >= 0.3 is 5.97 Å². The third-order valence-electron chi connectivity index (χ3n) is 2.63. The molecule has 0 aliphatic carbocycles. The lowest BCUT2D eigenvalue weighted by Crippen LogP contribution is -2.05. The van der Waals surface area contributed by atoms with Crippen LogP contribution in [0.25, 0.3) is 10.9 Å². The summed E-state index contributed by atoms with van der Waals surface area (Å²) in [5.41, 5.74) is 3.72. The predicted octanol–water partition coefficient (Wildman–Crippen LogP) is 3.03. The third-order valence-corrected chi connectivity index (χ3v) is 2.63. The first kappa shape index (κ1) is 11.6. The molecule has 0 saturated carbocycles. The molecule has 0 radical (unpaired) electrons. The van der Waals surface area contributed by atoms with E-state index in [9.17, 15) is 4.79 Å². The molecule has 1 aromatic carbocycles. The van der Waals surface area contributed by atoms with Gasteiger partial charge < -0.3 is 4.74 Å².